The number of nitrogens with zero attached hydrogens (tertiary/aromatic N) is 2. The number of likely N-dealkylation sites (tertiary alicyclic amines) is 1. The Hall–Kier alpha value is -3.45. The quantitative estimate of drug-likeness (QED) is 0.572. The number of rotatable bonds is 9. The highest BCUT2D eigenvalue weighted by Crippen LogP contribution is 2.33. The summed E-state index contributed by atoms with van der Waals surface area (Å²) in [6, 6.07) is 6.07. The first-order chi connectivity index (χ1) is 17.2. The molecule has 0 aliphatic carbocycles. The fraction of sp³-hybridized carbons (Fsp3) is 0.393. The van der Waals surface area contributed by atoms with E-state index in [4.69, 9.17) is 9.47 Å². The molecule has 4 aliphatic heterocycles. The van der Waals surface area contributed by atoms with Crippen LogP contribution in [0.3, 0.4) is 0 Å². The molecular weight excluding hydrogens is 440 g/mol. The molecule has 0 radical (unpaired) electrons. The maximum atomic E-state index is 12.9. The molecule has 4 aliphatic rings. The number of nitrogens with one attached hydrogen (secondary N) is 2. The molecule has 1 saturated heterocycles. The van der Waals surface area contributed by atoms with Gasteiger partial charge in [0.25, 0.3) is 5.91 Å². The molecule has 1 aromatic carbocycles. The largest absolute Gasteiger partial charge is 0.493 e. The van der Waals surface area contributed by atoms with Crippen LogP contribution >= 0.6 is 0 Å². The van der Waals surface area contributed by atoms with E-state index >= 15 is 0 Å². The molecule has 0 bridgehead atoms. The van der Waals surface area contributed by atoms with E-state index in [0.29, 0.717) is 11.5 Å². The van der Waals surface area contributed by atoms with Gasteiger partial charge in [-0.1, -0.05) is 18.2 Å². The van der Waals surface area contributed by atoms with Gasteiger partial charge in [-0.25, -0.2) is 0 Å². The Morgan fingerprint density at radius 1 is 1.14 bits per heavy atom. The first-order valence-corrected chi connectivity index (χ1v) is 12.5. The molecule has 0 atom stereocenters. The fourth-order valence-corrected chi connectivity index (χ4v) is 5.25. The van der Waals surface area contributed by atoms with Gasteiger partial charge in [-0.15, -0.1) is 0 Å². The summed E-state index contributed by atoms with van der Waals surface area (Å²) < 4.78 is 11.0. The number of piperidine rings is 1. The van der Waals surface area contributed by atoms with E-state index in [9.17, 15) is 4.79 Å². The smallest absolute Gasteiger partial charge is 0.251 e. The summed E-state index contributed by atoms with van der Waals surface area (Å²) in [7, 11) is 3.38. The standard InChI is InChI=1S/C28H34N4O3/c1-34-25-9-3-6-21(27(25)35-2)7-5-13-31-14-11-20(12-15-31)18-30-28(33)22-16-23-8-4-10-26-29-19-24(17-22)32(23)26/h3-4,6,8-10,16-17,19-20,29H,5,7,11-15,18H2,1-2H3,(H,30,33). The second kappa shape index (κ2) is 10.4. The molecule has 0 spiro atoms. The van der Waals surface area contributed by atoms with Gasteiger partial charge in [0.15, 0.2) is 11.5 Å². The number of hydrogen-bond acceptors (Lipinski definition) is 6. The van der Waals surface area contributed by atoms with Crippen molar-refractivity contribution in [2.24, 2.45) is 5.92 Å². The highest BCUT2D eigenvalue weighted by atomic mass is 16.5. The third kappa shape index (κ3) is 5.00. The second-order valence-corrected chi connectivity index (χ2v) is 9.38. The molecule has 7 nitrogen and oxygen atoms in total. The number of para-hydroxylation sites is 1. The Morgan fingerprint density at radius 3 is 2.80 bits per heavy atom. The van der Waals surface area contributed by atoms with Gasteiger partial charge in [-0.05, 0) is 87.2 Å². The lowest BCUT2D eigenvalue weighted by Crippen LogP contribution is -2.39. The van der Waals surface area contributed by atoms with E-state index in [0.717, 1.165) is 80.6 Å². The van der Waals surface area contributed by atoms with Crippen molar-refractivity contribution >= 4 is 5.91 Å². The van der Waals surface area contributed by atoms with E-state index in [2.05, 4.69) is 26.5 Å². The van der Waals surface area contributed by atoms with Crippen molar-refractivity contribution in [2.75, 3.05) is 40.4 Å². The van der Waals surface area contributed by atoms with Crippen LogP contribution in [0.2, 0.25) is 0 Å². The number of benzene rings is 1. The van der Waals surface area contributed by atoms with Gasteiger partial charge in [0.1, 0.15) is 5.82 Å². The van der Waals surface area contributed by atoms with Crippen LogP contribution in [0.15, 0.2) is 77.6 Å². The van der Waals surface area contributed by atoms with Crippen molar-refractivity contribution in [3.8, 4) is 11.5 Å². The third-order valence-electron chi connectivity index (χ3n) is 7.18. The van der Waals surface area contributed by atoms with Crippen molar-refractivity contribution in [3.05, 3.63) is 83.1 Å². The van der Waals surface area contributed by atoms with Crippen LogP contribution in [0, 0.1) is 5.92 Å². The molecule has 1 fully saturated rings. The van der Waals surface area contributed by atoms with Crippen molar-refractivity contribution in [1.29, 1.82) is 0 Å². The Morgan fingerprint density at radius 2 is 2.00 bits per heavy atom. The van der Waals surface area contributed by atoms with Crippen molar-refractivity contribution in [3.63, 3.8) is 0 Å². The number of methoxy groups -OCH3 is 2. The lowest BCUT2D eigenvalue weighted by molar-refractivity contribution is -0.117. The maximum absolute atomic E-state index is 12.9. The number of hydrogen-bond donors (Lipinski definition) is 2. The molecule has 1 amide bonds. The molecule has 0 unspecified atom stereocenters. The molecular formula is C28H34N4O3. The molecule has 7 heteroatoms. The zero-order chi connectivity index (χ0) is 24.2. The zero-order valence-corrected chi connectivity index (χ0v) is 20.5. The number of aryl methyl sites for hydroxylation is 1. The Labute approximate surface area is 207 Å². The second-order valence-electron chi connectivity index (χ2n) is 9.38. The summed E-state index contributed by atoms with van der Waals surface area (Å²) >= 11 is 0. The average molecular weight is 475 g/mol. The van der Waals surface area contributed by atoms with Gasteiger partial charge in [-0.2, -0.15) is 0 Å². The molecule has 0 saturated carbocycles. The van der Waals surface area contributed by atoms with Crippen LogP contribution in [0.5, 0.6) is 11.5 Å². The van der Waals surface area contributed by atoms with Crippen molar-refractivity contribution in [1.82, 2.24) is 20.4 Å². The minimum atomic E-state index is 0.00381. The summed E-state index contributed by atoms with van der Waals surface area (Å²) in [4.78, 5) is 17.5. The van der Waals surface area contributed by atoms with Crippen LogP contribution in [-0.2, 0) is 11.2 Å². The molecule has 2 N–H and O–H groups in total. The molecule has 1 aromatic rings. The van der Waals surface area contributed by atoms with Gasteiger partial charge in [0.2, 0.25) is 0 Å². The number of amides is 1. The number of carbonyl (C=O) groups excluding carboxylic acids is 1. The molecule has 35 heavy (non-hydrogen) atoms. The minimum Gasteiger partial charge on any atom is -0.493 e. The predicted octanol–water partition coefficient (Wildman–Crippen LogP) is 3.45. The molecule has 184 valence electrons. The third-order valence-corrected chi connectivity index (χ3v) is 7.18. The van der Waals surface area contributed by atoms with Crippen molar-refractivity contribution in [2.45, 2.75) is 25.7 Å². The normalized spacial score (nSPS) is 19.2. The molecule has 5 rings (SSSR count). The summed E-state index contributed by atoms with van der Waals surface area (Å²) in [5.41, 5.74) is 3.93. The SMILES string of the molecule is COc1cccc(CCCN2CCC(CNC(=O)C3=CC4=CNC5=CC=CC(=C3)N45)CC2)c1OC. The summed E-state index contributed by atoms with van der Waals surface area (Å²) in [5, 5.41) is 6.43. The lowest BCUT2D eigenvalue weighted by atomic mass is 9.96. The van der Waals surface area contributed by atoms with Crippen LogP contribution in [0.4, 0.5) is 0 Å². The van der Waals surface area contributed by atoms with E-state index in [1.807, 2.05) is 48.7 Å². The van der Waals surface area contributed by atoms with Gasteiger partial charge >= 0.3 is 0 Å². The van der Waals surface area contributed by atoms with Gasteiger partial charge in [-0.3, -0.25) is 9.69 Å². The summed E-state index contributed by atoms with van der Waals surface area (Å²) in [6.45, 7) is 3.96. The van der Waals surface area contributed by atoms with Crippen LogP contribution < -0.4 is 20.1 Å². The number of carbonyl (C=O) groups is 1. The van der Waals surface area contributed by atoms with Gasteiger partial charge < -0.3 is 25.0 Å². The topological polar surface area (TPSA) is 66.1 Å². The van der Waals surface area contributed by atoms with E-state index < -0.39 is 0 Å². The summed E-state index contributed by atoms with van der Waals surface area (Å²) in [5.74, 6) is 3.19. The molecule has 4 heterocycles. The highest BCUT2D eigenvalue weighted by molar-refractivity contribution is 5.97. The maximum Gasteiger partial charge on any atom is 0.251 e. The predicted molar refractivity (Wildman–Crippen MR) is 136 cm³/mol. The Bertz CT molecular complexity index is 1120. The average Bonchev–Trinajstić information content (AvgIpc) is 3.32. The number of allylic oxidation sites excluding steroid dienone is 4. The Kier molecular flexibility index (Phi) is 6.95. The lowest BCUT2D eigenvalue weighted by Gasteiger charge is -2.32. The first-order valence-electron chi connectivity index (χ1n) is 12.5. The monoisotopic (exact) mass is 474 g/mol. The van der Waals surface area contributed by atoms with E-state index in [1.165, 1.54) is 5.56 Å². The van der Waals surface area contributed by atoms with E-state index in [1.54, 1.807) is 14.2 Å². The summed E-state index contributed by atoms with van der Waals surface area (Å²) in [6.07, 6.45) is 16.2. The Balaban J connectivity index is 1.05. The zero-order valence-electron chi connectivity index (χ0n) is 20.5. The minimum absolute atomic E-state index is 0.00381. The van der Waals surface area contributed by atoms with Crippen LogP contribution in [0.25, 0.3) is 0 Å². The van der Waals surface area contributed by atoms with E-state index in [-0.39, 0.29) is 5.91 Å². The van der Waals surface area contributed by atoms with Crippen LogP contribution in [0.1, 0.15) is 24.8 Å². The molecule has 0 aromatic heterocycles. The highest BCUT2D eigenvalue weighted by Gasteiger charge is 2.28. The fourth-order valence-electron chi connectivity index (χ4n) is 5.25. The number of ether oxygens (including phenoxy) is 2. The van der Waals surface area contributed by atoms with Gasteiger partial charge in [0.05, 0.1) is 19.9 Å². The van der Waals surface area contributed by atoms with Crippen molar-refractivity contribution < 1.29 is 14.3 Å². The van der Waals surface area contributed by atoms with Gasteiger partial charge in [0, 0.05) is 24.0 Å². The van der Waals surface area contributed by atoms with Crippen LogP contribution in [-0.4, -0.2) is 56.1 Å². The first kappa shape index (κ1) is 23.3.